The maximum absolute atomic E-state index is 13.0. The van der Waals surface area contributed by atoms with Crippen molar-refractivity contribution < 1.29 is 4.39 Å². The highest BCUT2D eigenvalue weighted by Crippen LogP contribution is 2.37. The Labute approximate surface area is 154 Å². The number of hydrogen-bond acceptors (Lipinski definition) is 0. The predicted octanol–water partition coefficient (Wildman–Crippen LogP) is 6.14. The van der Waals surface area contributed by atoms with Gasteiger partial charge in [-0.2, -0.15) is 0 Å². The van der Waals surface area contributed by atoms with Crippen LogP contribution in [0, 0.1) is 17.7 Å². The smallest absolute Gasteiger partial charge is 0.123 e. The van der Waals surface area contributed by atoms with Crippen LogP contribution in [0.1, 0.15) is 47.6 Å². The van der Waals surface area contributed by atoms with Crippen LogP contribution in [0.2, 0.25) is 0 Å². The van der Waals surface area contributed by atoms with Crippen LogP contribution in [-0.2, 0) is 12.8 Å². The number of fused-ring (bicyclic) bond motifs is 3. The molecule has 1 aliphatic carbocycles. The molecule has 0 saturated heterocycles. The van der Waals surface area contributed by atoms with E-state index in [9.17, 15) is 4.39 Å². The van der Waals surface area contributed by atoms with Crippen LogP contribution in [0.15, 0.2) is 60.7 Å². The fourth-order valence-electron chi connectivity index (χ4n) is 3.56. The number of rotatable bonds is 3. The zero-order valence-corrected chi connectivity index (χ0v) is 15.0. The Morgan fingerprint density at radius 3 is 2.23 bits per heavy atom. The second kappa shape index (κ2) is 7.18. The minimum atomic E-state index is -0.232. The lowest BCUT2D eigenvalue weighted by Gasteiger charge is -2.04. The second-order valence-corrected chi connectivity index (χ2v) is 6.90. The summed E-state index contributed by atoms with van der Waals surface area (Å²) in [4.78, 5) is 0. The highest BCUT2D eigenvalue weighted by atomic mass is 19.1. The van der Waals surface area contributed by atoms with E-state index in [4.69, 9.17) is 0 Å². The summed E-state index contributed by atoms with van der Waals surface area (Å²) >= 11 is 0. The van der Waals surface area contributed by atoms with Crippen molar-refractivity contribution in [1.29, 1.82) is 0 Å². The third-order valence-electron chi connectivity index (χ3n) is 4.96. The van der Waals surface area contributed by atoms with Crippen LogP contribution in [0.4, 0.5) is 4.39 Å². The van der Waals surface area contributed by atoms with Gasteiger partial charge in [0.15, 0.2) is 0 Å². The Morgan fingerprint density at radius 1 is 0.808 bits per heavy atom. The van der Waals surface area contributed by atoms with Gasteiger partial charge in [0, 0.05) is 11.1 Å². The average Bonchev–Trinajstić information content (AvgIpc) is 3.02. The maximum Gasteiger partial charge on any atom is 0.123 e. The van der Waals surface area contributed by atoms with E-state index in [0.29, 0.717) is 0 Å². The molecule has 0 spiro atoms. The van der Waals surface area contributed by atoms with Gasteiger partial charge in [-0.3, -0.25) is 0 Å². The molecule has 1 aliphatic rings. The van der Waals surface area contributed by atoms with Gasteiger partial charge in [-0.1, -0.05) is 49.5 Å². The van der Waals surface area contributed by atoms with E-state index < -0.39 is 0 Å². The lowest BCUT2D eigenvalue weighted by atomic mass is 10.0. The Balaban J connectivity index is 1.58. The highest BCUT2D eigenvalue weighted by Gasteiger charge is 2.18. The summed E-state index contributed by atoms with van der Waals surface area (Å²) in [5.74, 6) is 6.09. The van der Waals surface area contributed by atoms with Crippen molar-refractivity contribution in [2.45, 2.75) is 32.6 Å². The molecule has 0 N–H and O–H groups in total. The molecule has 0 fully saturated rings. The molecule has 0 unspecified atom stereocenters. The molecule has 0 heterocycles. The molecule has 0 aliphatic heterocycles. The molecule has 0 bridgehead atoms. The van der Waals surface area contributed by atoms with Crippen molar-refractivity contribution in [2.75, 3.05) is 0 Å². The van der Waals surface area contributed by atoms with Crippen molar-refractivity contribution in [3.8, 4) is 23.0 Å². The van der Waals surface area contributed by atoms with Crippen molar-refractivity contribution in [3.05, 3.63) is 94.3 Å². The van der Waals surface area contributed by atoms with Gasteiger partial charge in [0.05, 0.1) is 0 Å². The van der Waals surface area contributed by atoms with E-state index in [-0.39, 0.29) is 5.82 Å². The van der Waals surface area contributed by atoms with Crippen molar-refractivity contribution in [2.24, 2.45) is 0 Å². The minimum absolute atomic E-state index is 0.232. The zero-order chi connectivity index (χ0) is 17.9. The van der Waals surface area contributed by atoms with Crippen molar-refractivity contribution in [3.63, 3.8) is 0 Å². The Morgan fingerprint density at radius 2 is 1.46 bits per heavy atom. The largest absolute Gasteiger partial charge is 0.207 e. The second-order valence-electron chi connectivity index (χ2n) is 6.90. The summed E-state index contributed by atoms with van der Waals surface area (Å²) < 4.78 is 13.0. The van der Waals surface area contributed by atoms with Gasteiger partial charge in [-0.15, -0.1) is 0 Å². The molecule has 0 nitrogen and oxygen atoms in total. The number of hydrogen-bond donors (Lipinski definition) is 0. The molecule has 0 saturated carbocycles. The lowest BCUT2D eigenvalue weighted by Crippen LogP contribution is -1.88. The first-order valence-electron chi connectivity index (χ1n) is 9.25. The van der Waals surface area contributed by atoms with E-state index in [2.05, 4.69) is 55.2 Å². The SMILES string of the molecule is CCCCc1ccc2c(c1)Cc1cc(C#Cc3ccc(F)cc3)ccc1-2. The van der Waals surface area contributed by atoms with Gasteiger partial charge >= 0.3 is 0 Å². The third-order valence-corrected chi connectivity index (χ3v) is 4.96. The molecular weight excluding hydrogens is 319 g/mol. The van der Waals surface area contributed by atoms with Crippen LogP contribution in [0.3, 0.4) is 0 Å². The van der Waals surface area contributed by atoms with Crippen molar-refractivity contribution >= 4 is 0 Å². The van der Waals surface area contributed by atoms with Crippen LogP contribution < -0.4 is 0 Å². The molecule has 26 heavy (non-hydrogen) atoms. The molecule has 0 amide bonds. The van der Waals surface area contributed by atoms with E-state index in [1.54, 1.807) is 12.1 Å². The fourth-order valence-corrected chi connectivity index (χ4v) is 3.56. The lowest BCUT2D eigenvalue weighted by molar-refractivity contribution is 0.627. The van der Waals surface area contributed by atoms with Gasteiger partial charge in [0.2, 0.25) is 0 Å². The fraction of sp³-hybridized carbons (Fsp3) is 0.200. The molecule has 3 aromatic rings. The number of aryl methyl sites for hydroxylation is 1. The van der Waals surface area contributed by atoms with Gasteiger partial charge < -0.3 is 0 Å². The summed E-state index contributed by atoms with van der Waals surface area (Å²) in [5, 5.41) is 0. The normalized spacial score (nSPS) is 11.5. The molecule has 1 heteroatoms. The summed E-state index contributed by atoms with van der Waals surface area (Å²) in [5.41, 5.74) is 8.74. The molecular formula is C25H21F. The predicted molar refractivity (Wildman–Crippen MR) is 106 cm³/mol. The summed E-state index contributed by atoms with van der Waals surface area (Å²) in [6.45, 7) is 2.23. The van der Waals surface area contributed by atoms with E-state index in [1.165, 1.54) is 52.8 Å². The average molecular weight is 340 g/mol. The van der Waals surface area contributed by atoms with Crippen molar-refractivity contribution in [1.82, 2.24) is 0 Å². The van der Waals surface area contributed by atoms with Gasteiger partial charge in [0.1, 0.15) is 5.82 Å². The van der Waals surface area contributed by atoms with E-state index in [0.717, 1.165) is 24.0 Å². The highest BCUT2D eigenvalue weighted by molar-refractivity contribution is 5.77. The topological polar surface area (TPSA) is 0 Å². The molecule has 3 aromatic carbocycles. The Bertz CT molecular complexity index is 1000. The monoisotopic (exact) mass is 340 g/mol. The Hall–Kier alpha value is -2.85. The molecule has 0 aromatic heterocycles. The maximum atomic E-state index is 13.0. The Kier molecular flexibility index (Phi) is 4.59. The first-order chi connectivity index (χ1) is 12.7. The van der Waals surface area contributed by atoms with E-state index in [1.807, 2.05) is 0 Å². The third kappa shape index (κ3) is 3.41. The van der Waals surface area contributed by atoms with Gasteiger partial charge in [-0.25, -0.2) is 4.39 Å². The number of unbranched alkanes of at least 4 members (excludes halogenated alkanes) is 1. The summed E-state index contributed by atoms with van der Waals surface area (Å²) in [7, 11) is 0. The first kappa shape index (κ1) is 16.6. The van der Waals surface area contributed by atoms with Crippen LogP contribution in [-0.4, -0.2) is 0 Å². The standard InChI is InChI=1S/C25H21F/c1-2-3-4-19-9-13-24-21(15-19)17-22-16-20(10-14-25(22)24)6-5-18-7-11-23(26)12-8-18/h7-16H,2-4,17H2,1H3. The van der Waals surface area contributed by atoms with Gasteiger partial charge in [0.25, 0.3) is 0 Å². The zero-order valence-electron chi connectivity index (χ0n) is 15.0. The van der Waals surface area contributed by atoms with Crippen LogP contribution in [0.5, 0.6) is 0 Å². The number of halogens is 1. The van der Waals surface area contributed by atoms with Gasteiger partial charge in [-0.05, 0) is 83.5 Å². The van der Waals surface area contributed by atoms with Crippen LogP contribution in [0.25, 0.3) is 11.1 Å². The summed E-state index contributed by atoms with van der Waals surface area (Å²) in [6, 6.07) is 19.7. The van der Waals surface area contributed by atoms with E-state index >= 15 is 0 Å². The minimum Gasteiger partial charge on any atom is -0.207 e. The number of benzene rings is 3. The molecule has 4 rings (SSSR count). The molecule has 0 atom stereocenters. The molecule has 128 valence electrons. The quantitative estimate of drug-likeness (QED) is 0.393. The molecule has 0 radical (unpaired) electrons. The first-order valence-corrected chi connectivity index (χ1v) is 9.25. The summed E-state index contributed by atoms with van der Waals surface area (Å²) in [6.07, 6.45) is 4.62. The van der Waals surface area contributed by atoms with Crippen LogP contribution >= 0.6 is 0 Å².